The maximum absolute atomic E-state index is 2.30. The van der Waals surface area contributed by atoms with Crippen molar-refractivity contribution in [3.8, 4) is 0 Å². The molecular weight excluding hydrogens is 319 g/mol. The van der Waals surface area contributed by atoms with E-state index in [1.807, 2.05) is 18.2 Å². The summed E-state index contributed by atoms with van der Waals surface area (Å²) < 4.78 is 0. The van der Waals surface area contributed by atoms with Crippen molar-refractivity contribution in [3.63, 3.8) is 0 Å². The summed E-state index contributed by atoms with van der Waals surface area (Å²) >= 11 is 0. The van der Waals surface area contributed by atoms with Gasteiger partial charge in [0.2, 0.25) is 0 Å². The van der Waals surface area contributed by atoms with E-state index in [1.54, 1.807) is 0 Å². The molecule has 25 heavy (non-hydrogen) atoms. The summed E-state index contributed by atoms with van der Waals surface area (Å²) in [6.45, 7) is 0. The fourth-order valence-corrected chi connectivity index (χ4v) is 3.69. The van der Waals surface area contributed by atoms with Crippen LogP contribution in [0.2, 0.25) is 0 Å². The minimum atomic E-state index is -0.473. The summed E-state index contributed by atoms with van der Waals surface area (Å²) in [5.74, 6) is 6.89. The van der Waals surface area contributed by atoms with Gasteiger partial charge in [-0.25, -0.2) is 0 Å². The number of hydrogen-bond acceptors (Lipinski definition) is 0. The van der Waals surface area contributed by atoms with Crippen LogP contribution in [0.3, 0.4) is 0 Å². The van der Waals surface area contributed by atoms with Crippen LogP contribution in [0.1, 0.15) is 16.7 Å². The molecule has 0 amide bonds. The van der Waals surface area contributed by atoms with Gasteiger partial charge in [0.25, 0.3) is 0 Å². The van der Waals surface area contributed by atoms with Gasteiger partial charge in [-0.3, -0.25) is 0 Å². The van der Waals surface area contributed by atoms with Crippen molar-refractivity contribution in [2.45, 2.75) is 0 Å². The topological polar surface area (TPSA) is 0 Å². The van der Waals surface area contributed by atoms with Crippen molar-refractivity contribution in [1.82, 2.24) is 0 Å². The highest BCUT2D eigenvalue weighted by Crippen LogP contribution is 2.42. The van der Waals surface area contributed by atoms with Crippen LogP contribution in [-0.2, 0) is 0 Å². The number of rotatable bonds is 6. The zero-order valence-corrected chi connectivity index (χ0v) is 15.0. The van der Waals surface area contributed by atoms with Crippen LogP contribution in [0.5, 0.6) is 0 Å². The van der Waals surface area contributed by atoms with E-state index in [4.69, 9.17) is 0 Å². The van der Waals surface area contributed by atoms with E-state index in [9.17, 15) is 0 Å². The molecule has 0 fully saturated rings. The van der Waals surface area contributed by atoms with Crippen molar-refractivity contribution in [2.75, 3.05) is 0 Å². The molecule has 1 heteroatoms. The average Bonchev–Trinajstić information content (AvgIpc) is 2.70. The van der Waals surface area contributed by atoms with Gasteiger partial charge in [-0.05, 0) is 24.6 Å². The van der Waals surface area contributed by atoms with Gasteiger partial charge >= 0.3 is 0 Å². The second kappa shape index (κ2) is 9.57. The first-order chi connectivity index (χ1) is 12.4. The van der Waals surface area contributed by atoms with Crippen LogP contribution < -0.4 is 0 Å². The van der Waals surface area contributed by atoms with E-state index >= 15 is 0 Å². The van der Waals surface area contributed by atoms with Crippen LogP contribution in [0, 0.1) is 0 Å². The maximum Gasteiger partial charge on any atom is -0.0256 e. The van der Waals surface area contributed by atoms with E-state index in [0.29, 0.717) is 0 Å². The lowest BCUT2D eigenvalue weighted by atomic mass is 10.2. The number of hydrogen-bond donors (Lipinski definition) is 0. The van der Waals surface area contributed by atoms with Gasteiger partial charge in [0.05, 0.1) is 0 Å². The molecule has 0 radical (unpaired) electrons. The molecule has 0 heterocycles. The largest absolute Gasteiger partial charge is 0.0622 e. The van der Waals surface area contributed by atoms with Gasteiger partial charge in [0.1, 0.15) is 0 Å². The van der Waals surface area contributed by atoms with Gasteiger partial charge in [0, 0.05) is 0 Å². The van der Waals surface area contributed by atoms with E-state index in [0.717, 1.165) is 0 Å². The summed E-state index contributed by atoms with van der Waals surface area (Å²) in [5.41, 5.74) is 3.70. The fraction of sp³-hybridized carbons (Fsp3) is 0. The Labute approximate surface area is 151 Å². The Hall–Kier alpha value is -2.69. The summed E-state index contributed by atoms with van der Waals surface area (Å²) in [6.07, 6.45) is 6.61. The summed E-state index contributed by atoms with van der Waals surface area (Å²) in [7, 11) is -0.473. The molecule has 122 valence electrons. The fourth-order valence-electron chi connectivity index (χ4n) is 2.36. The highest BCUT2D eigenvalue weighted by atomic mass is 31.1. The van der Waals surface area contributed by atoms with E-state index in [2.05, 4.69) is 108 Å². The van der Waals surface area contributed by atoms with Gasteiger partial charge in [-0.1, -0.05) is 127 Å². The molecule has 3 aromatic carbocycles. The van der Waals surface area contributed by atoms with Crippen LogP contribution in [0.4, 0.5) is 0 Å². The standard InChI is InChI=1S/C24H21P/c1-4-10-22(11-5-1)16-19-25(20-17-23-12-6-2-7-13-23)21-18-24-14-8-3-9-15-24/h1-21H/b19-16+,20-17+,21-18+. The second-order valence-corrected chi connectivity index (χ2v) is 7.42. The quantitative estimate of drug-likeness (QED) is 0.408. The molecule has 0 spiro atoms. The van der Waals surface area contributed by atoms with Crippen molar-refractivity contribution in [2.24, 2.45) is 0 Å². The first kappa shape index (κ1) is 17.1. The molecule has 0 aromatic heterocycles. The molecule has 0 saturated carbocycles. The molecule has 0 aliphatic carbocycles. The smallest absolute Gasteiger partial charge is 0.0256 e. The molecular formula is C24H21P. The van der Waals surface area contributed by atoms with Crippen molar-refractivity contribution >= 4 is 26.1 Å². The van der Waals surface area contributed by atoms with Crippen LogP contribution in [-0.4, -0.2) is 0 Å². The highest BCUT2D eigenvalue weighted by Gasteiger charge is 1.95. The first-order valence-corrected chi connectivity index (χ1v) is 9.92. The van der Waals surface area contributed by atoms with Crippen LogP contribution in [0.25, 0.3) is 18.2 Å². The normalized spacial score (nSPS) is 11.9. The SMILES string of the molecule is C(=C\P(/C=C/c1ccccc1)/C=C/c1ccccc1)/c1ccccc1. The predicted molar refractivity (Wildman–Crippen MR) is 113 cm³/mol. The molecule has 0 atom stereocenters. The molecule has 0 saturated heterocycles. The molecule has 3 aromatic rings. The molecule has 0 nitrogen and oxygen atoms in total. The minimum Gasteiger partial charge on any atom is -0.0622 e. The monoisotopic (exact) mass is 340 g/mol. The molecule has 0 aliphatic rings. The predicted octanol–water partition coefficient (Wildman–Crippen LogP) is 7.48. The van der Waals surface area contributed by atoms with Gasteiger partial charge < -0.3 is 0 Å². The van der Waals surface area contributed by atoms with E-state index in [-0.39, 0.29) is 0 Å². The Morgan fingerprint density at radius 3 is 0.960 bits per heavy atom. The van der Waals surface area contributed by atoms with E-state index < -0.39 is 7.92 Å². The Morgan fingerprint density at radius 1 is 0.400 bits per heavy atom. The molecule has 3 rings (SSSR count). The van der Waals surface area contributed by atoms with Crippen LogP contribution >= 0.6 is 7.92 Å². The number of benzene rings is 3. The third-order valence-corrected chi connectivity index (χ3v) is 5.20. The average molecular weight is 340 g/mol. The van der Waals surface area contributed by atoms with Crippen molar-refractivity contribution in [1.29, 1.82) is 0 Å². The molecule has 0 aliphatic heterocycles. The second-order valence-electron chi connectivity index (χ2n) is 5.63. The van der Waals surface area contributed by atoms with E-state index in [1.165, 1.54) is 16.7 Å². The lowest BCUT2D eigenvalue weighted by molar-refractivity contribution is 1.66. The van der Waals surface area contributed by atoms with Crippen molar-refractivity contribution < 1.29 is 0 Å². The highest BCUT2D eigenvalue weighted by molar-refractivity contribution is 7.67. The molecule has 0 bridgehead atoms. The maximum atomic E-state index is 2.30. The Kier molecular flexibility index (Phi) is 6.56. The Morgan fingerprint density at radius 2 is 0.680 bits per heavy atom. The summed E-state index contributed by atoms with van der Waals surface area (Å²) in [5, 5.41) is 0. The third-order valence-electron chi connectivity index (χ3n) is 3.72. The first-order valence-electron chi connectivity index (χ1n) is 8.37. The third kappa shape index (κ3) is 6.03. The lowest BCUT2D eigenvalue weighted by Gasteiger charge is -2.03. The molecule has 0 unspecified atom stereocenters. The van der Waals surface area contributed by atoms with Gasteiger partial charge in [-0.2, -0.15) is 0 Å². The Bertz CT molecular complexity index is 713. The lowest BCUT2D eigenvalue weighted by Crippen LogP contribution is -1.70. The summed E-state index contributed by atoms with van der Waals surface area (Å²) in [6, 6.07) is 31.3. The zero-order chi connectivity index (χ0) is 17.2. The van der Waals surface area contributed by atoms with Gasteiger partial charge in [-0.15, -0.1) is 0 Å². The van der Waals surface area contributed by atoms with Crippen molar-refractivity contribution in [3.05, 3.63) is 125 Å². The van der Waals surface area contributed by atoms with Gasteiger partial charge in [0.15, 0.2) is 0 Å². The summed E-state index contributed by atoms with van der Waals surface area (Å²) in [4.78, 5) is 0. The Balaban J connectivity index is 1.79. The zero-order valence-electron chi connectivity index (χ0n) is 14.1. The minimum absolute atomic E-state index is 0.473. The van der Waals surface area contributed by atoms with Crippen LogP contribution in [0.15, 0.2) is 108 Å². The molecule has 0 N–H and O–H groups in total.